The molecule has 1 unspecified atom stereocenters. The predicted molar refractivity (Wildman–Crippen MR) is 115 cm³/mol. The van der Waals surface area contributed by atoms with E-state index in [-0.39, 0.29) is 5.91 Å². The largest absolute Gasteiger partial charge is 0.391 e. The van der Waals surface area contributed by atoms with E-state index in [9.17, 15) is 9.90 Å². The van der Waals surface area contributed by atoms with Gasteiger partial charge < -0.3 is 19.8 Å². The van der Waals surface area contributed by atoms with Gasteiger partial charge in [-0.05, 0) is 43.2 Å². The zero-order valence-corrected chi connectivity index (χ0v) is 16.9. The van der Waals surface area contributed by atoms with Crippen molar-refractivity contribution >= 4 is 17.3 Å². The van der Waals surface area contributed by atoms with Gasteiger partial charge in [-0.25, -0.2) is 0 Å². The fourth-order valence-corrected chi connectivity index (χ4v) is 3.59. The molecule has 2 aromatic rings. The number of aryl methyl sites for hydroxylation is 1. The number of anilines is 2. The van der Waals surface area contributed by atoms with Crippen molar-refractivity contribution in [3.63, 3.8) is 0 Å². The summed E-state index contributed by atoms with van der Waals surface area (Å²) in [7, 11) is 0. The van der Waals surface area contributed by atoms with Crippen molar-refractivity contribution < 1.29 is 9.90 Å². The molecule has 1 amide bonds. The second-order valence-electron chi connectivity index (χ2n) is 7.48. The summed E-state index contributed by atoms with van der Waals surface area (Å²) in [4.78, 5) is 19.2. The molecule has 1 aliphatic heterocycles. The van der Waals surface area contributed by atoms with Crippen molar-refractivity contribution in [1.29, 1.82) is 0 Å². The monoisotopic (exact) mass is 381 g/mol. The van der Waals surface area contributed by atoms with Crippen molar-refractivity contribution in [2.75, 3.05) is 49.1 Å². The van der Waals surface area contributed by atoms with Crippen molar-refractivity contribution in [3.05, 3.63) is 60.2 Å². The summed E-state index contributed by atoms with van der Waals surface area (Å²) in [5.74, 6) is 0.121. The van der Waals surface area contributed by atoms with Crippen LogP contribution in [-0.2, 0) is 4.79 Å². The summed E-state index contributed by atoms with van der Waals surface area (Å²) >= 11 is 0. The molecule has 28 heavy (non-hydrogen) atoms. The quantitative estimate of drug-likeness (QED) is 0.801. The van der Waals surface area contributed by atoms with Crippen LogP contribution < -0.4 is 9.80 Å². The number of piperazine rings is 1. The smallest absolute Gasteiger partial charge is 0.242 e. The molecule has 5 heteroatoms. The van der Waals surface area contributed by atoms with Crippen LogP contribution in [0.1, 0.15) is 18.9 Å². The van der Waals surface area contributed by atoms with Gasteiger partial charge in [0.25, 0.3) is 0 Å². The van der Waals surface area contributed by atoms with E-state index in [1.165, 1.54) is 11.3 Å². The normalized spacial score (nSPS) is 15.4. The lowest BCUT2D eigenvalue weighted by atomic mass is 10.2. The number of hydrogen-bond acceptors (Lipinski definition) is 4. The summed E-state index contributed by atoms with van der Waals surface area (Å²) < 4.78 is 0. The number of carbonyl (C=O) groups excluding carboxylic acids is 1. The van der Waals surface area contributed by atoms with E-state index in [1.54, 1.807) is 0 Å². The molecule has 0 radical (unpaired) electrons. The third kappa shape index (κ3) is 5.26. The molecule has 1 N–H and O–H groups in total. The van der Waals surface area contributed by atoms with Crippen LogP contribution in [0.4, 0.5) is 11.4 Å². The highest BCUT2D eigenvalue weighted by molar-refractivity contribution is 5.81. The molecule has 1 aliphatic rings. The number of hydrogen-bond donors (Lipinski definition) is 1. The van der Waals surface area contributed by atoms with Gasteiger partial charge in [-0.3, -0.25) is 4.79 Å². The third-order valence-corrected chi connectivity index (χ3v) is 5.35. The molecule has 5 nitrogen and oxygen atoms in total. The number of benzene rings is 2. The zero-order chi connectivity index (χ0) is 19.9. The first-order chi connectivity index (χ1) is 13.6. The first kappa shape index (κ1) is 20.2. The maximum atomic E-state index is 12.9. The Morgan fingerprint density at radius 3 is 2.43 bits per heavy atom. The van der Waals surface area contributed by atoms with Crippen LogP contribution in [0.5, 0.6) is 0 Å². The Morgan fingerprint density at radius 1 is 1.07 bits per heavy atom. The van der Waals surface area contributed by atoms with Gasteiger partial charge in [0, 0.05) is 44.1 Å². The Morgan fingerprint density at radius 2 is 1.79 bits per heavy atom. The molecule has 0 bridgehead atoms. The van der Waals surface area contributed by atoms with Crippen LogP contribution in [0, 0.1) is 6.92 Å². The van der Waals surface area contributed by atoms with Gasteiger partial charge in [-0.1, -0.05) is 37.3 Å². The molecular weight excluding hydrogens is 350 g/mol. The lowest BCUT2D eigenvalue weighted by Crippen LogP contribution is -2.52. The molecule has 1 atom stereocenters. The number of aliphatic hydroxyl groups excluding tert-OH is 1. The first-order valence-corrected chi connectivity index (χ1v) is 10.1. The lowest BCUT2D eigenvalue weighted by molar-refractivity contribution is -0.130. The Labute approximate surface area is 168 Å². The fourth-order valence-electron chi connectivity index (χ4n) is 3.59. The van der Waals surface area contributed by atoms with Gasteiger partial charge in [-0.2, -0.15) is 0 Å². The van der Waals surface area contributed by atoms with E-state index < -0.39 is 6.10 Å². The number of amides is 1. The molecule has 1 heterocycles. The first-order valence-electron chi connectivity index (χ1n) is 10.1. The van der Waals surface area contributed by atoms with E-state index >= 15 is 0 Å². The Kier molecular flexibility index (Phi) is 6.93. The molecular formula is C23H31N3O2. The Balaban J connectivity index is 1.60. The van der Waals surface area contributed by atoms with E-state index in [4.69, 9.17) is 0 Å². The standard InChI is InChI=1S/C23H31N3O2/c1-3-22(27)17-26(20-9-5-4-6-10-20)18-23(28)25-14-12-24(13-15-25)21-11-7-8-19(2)16-21/h4-11,16,22,27H,3,12-15,17-18H2,1-2H3. The van der Waals surface area contributed by atoms with Gasteiger partial charge in [-0.15, -0.1) is 0 Å². The summed E-state index contributed by atoms with van der Waals surface area (Å²) in [6.07, 6.45) is 0.235. The van der Waals surface area contributed by atoms with Crippen LogP contribution in [-0.4, -0.2) is 61.3 Å². The molecule has 1 fully saturated rings. The average molecular weight is 382 g/mol. The maximum absolute atomic E-state index is 12.9. The molecule has 0 aromatic heterocycles. The predicted octanol–water partition coefficient (Wildman–Crippen LogP) is 2.92. The number of nitrogens with zero attached hydrogens (tertiary/aromatic N) is 3. The van der Waals surface area contributed by atoms with E-state index in [1.807, 2.05) is 47.1 Å². The van der Waals surface area contributed by atoms with Crippen LogP contribution in [0.15, 0.2) is 54.6 Å². The summed E-state index contributed by atoms with van der Waals surface area (Å²) in [6.45, 7) is 7.97. The molecule has 150 valence electrons. The molecule has 3 rings (SSSR count). The molecule has 0 aliphatic carbocycles. The second-order valence-corrected chi connectivity index (χ2v) is 7.48. The number of carbonyl (C=O) groups is 1. The summed E-state index contributed by atoms with van der Waals surface area (Å²) in [6, 6.07) is 18.4. The van der Waals surface area contributed by atoms with Crippen LogP contribution in [0.25, 0.3) is 0 Å². The SMILES string of the molecule is CCC(O)CN(CC(=O)N1CCN(c2cccc(C)c2)CC1)c1ccccc1. The zero-order valence-electron chi connectivity index (χ0n) is 16.9. The van der Waals surface area contributed by atoms with E-state index in [2.05, 4.69) is 36.1 Å². The van der Waals surface area contributed by atoms with Crippen LogP contribution in [0.3, 0.4) is 0 Å². The molecule has 0 saturated carbocycles. The second kappa shape index (κ2) is 9.60. The minimum Gasteiger partial charge on any atom is -0.391 e. The number of para-hydroxylation sites is 1. The highest BCUT2D eigenvalue weighted by atomic mass is 16.3. The third-order valence-electron chi connectivity index (χ3n) is 5.35. The highest BCUT2D eigenvalue weighted by Gasteiger charge is 2.24. The van der Waals surface area contributed by atoms with Gasteiger partial charge >= 0.3 is 0 Å². The highest BCUT2D eigenvalue weighted by Crippen LogP contribution is 2.19. The van der Waals surface area contributed by atoms with Gasteiger partial charge in [0.2, 0.25) is 5.91 Å². The Hall–Kier alpha value is -2.53. The van der Waals surface area contributed by atoms with E-state index in [0.717, 1.165) is 31.9 Å². The number of aliphatic hydroxyl groups is 1. The summed E-state index contributed by atoms with van der Waals surface area (Å²) in [5, 5.41) is 10.1. The van der Waals surface area contributed by atoms with Crippen LogP contribution in [0.2, 0.25) is 0 Å². The Bertz CT molecular complexity index is 757. The molecule has 0 spiro atoms. The minimum atomic E-state index is -0.439. The lowest BCUT2D eigenvalue weighted by Gasteiger charge is -2.37. The average Bonchev–Trinajstić information content (AvgIpc) is 2.74. The van der Waals surface area contributed by atoms with Crippen molar-refractivity contribution in [3.8, 4) is 0 Å². The van der Waals surface area contributed by atoms with Gasteiger partial charge in [0.05, 0.1) is 12.6 Å². The molecule has 2 aromatic carbocycles. The van der Waals surface area contributed by atoms with Crippen molar-refractivity contribution in [2.45, 2.75) is 26.4 Å². The van der Waals surface area contributed by atoms with Crippen molar-refractivity contribution in [1.82, 2.24) is 4.90 Å². The van der Waals surface area contributed by atoms with Crippen LogP contribution >= 0.6 is 0 Å². The minimum absolute atomic E-state index is 0.121. The summed E-state index contributed by atoms with van der Waals surface area (Å²) in [5.41, 5.74) is 3.45. The van der Waals surface area contributed by atoms with Gasteiger partial charge in [0.1, 0.15) is 0 Å². The van der Waals surface area contributed by atoms with Crippen molar-refractivity contribution in [2.24, 2.45) is 0 Å². The van der Waals surface area contributed by atoms with Gasteiger partial charge in [0.15, 0.2) is 0 Å². The maximum Gasteiger partial charge on any atom is 0.242 e. The fraction of sp³-hybridized carbons (Fsp3) is 0.435. The topological polar surface area (TPSA) is 47.0 Å². The molecule has 1 saturated heterocycles. The number of rotatable bonds is 7. The van der Waals surface area contributed by atoms with E-state index in [0.29, 0.717) is 19.5 Å².